The van der Waals surface area contributed by atoms with Crippen molar-refractivity contribution >= 4 is 11.8 Å². The van der Waals surface area contributed by atoms with Gasteiger partial charge in [-0.2, -0.15) is 0 Å². The van der Waals surface area contributed by atoms with Crippen molar-refractivity contribution in [3.63, 3.8) is 0 Å². The zero-order valence-corrected chi connectivity index (χ0v) is 19.5. The maximum atomic E-state index is 13.3. The van der Waals surface area contributed by atoms with Gasteiger partial charge in [-0.05, 0) is 61.9 Å². The van der Waals surface area contributed by atoms with Crippen molar-refractivity contribution in [1.82, 2.24) is 10.2 Å². The van der Waals surface area contributed by atoms with Gasteiger partial charge in [-0.1, -0.05) is 50.2 Å². The van der Waals surface area contributed by atoms with Crippen molar-refractivity contribution in [2.75, 3.05) is 7.11 Å². The number of carbonyl (C=O) groups is 2. The molecule has 31 heavy (non-hydrogen) atoms. The van der Waals surface area contributed by atoms with Crippen molar-refractivity contribution in [1.29, 1.82) is 0 Å². The van der Waals surface area contributed by atoms with Crippen molar-refractivity contribution in [2.45, 2.75) is 72.0 Å². The summed E-state index contributed by atoms with van der Waals surface area (Å²) in [4.78, 5) is 27.8. The number of amides is 2. The summed E-state index contributed by atoms with van der Waals surface area (Å²) in [6.07, 6.45) is 2.58. The van der Waals surface area contributed by atoms with Gasteiger partial charge in [0.15, 0.2) is 0 Å². The van der Waals surface area contributed by atoms with Crippen LogP contribution < -0.4 is 10.1 Å². The van der Waals surface area contributed by atoms with Crippen LogP contribution in [0.25, 0.3) is 0 Å². The van der Waals surface area contributed by atoms with Crippen LogP contribution in [-0.2, 0) is 29.0 Å². The number of hydrogen-bond acceptors (Lipinski definition) is 3. The van der Waals surface area contributed by atoms with Gasteiger partial charge in [-0.3, -0.25) is 9.59 Å². The van der Waals surface area contributed by atoms with Crippen LogP contribution in [0.5, 0.6) is 5.75 Å². The molecular formula is C26H36N2O3. The summed E-state index contributed by atoms with van der Waals surface area (Å²) in [6.45, 7) is 8.33. The van der Waals surface area contributed by atoms with E-state index in [4.69, 9.17) is 4.74 Å². The van der Waals surface area contributed by atoms with Crippen LogP contribution in [0.2, 0.25) is 0 Å². The Kier molecular flexibility index (Phi) is 9.57. The van der Waals surface area contributed by atoms with E-state index in [0.717, 1.165) is 23.3 Å². The summed E-state index contributed by atoms with van der Waals surface area (Å²) in [7, 11) is 1.63. The van der Waals surface area contributed by atoms with Gasteiger partial charge in [0.2, 0.25) is 11.8 Å². The standard InChI is InChI=1S/C26H36N2O3/c1-6-20-8-10-21(11-9-20)14-17-25(29)28(24(7-2)26(30)27-19(3)4)18-22-12-15-23(31-5)16-13-22/h8-13,15-16,19,24H,6-7,14,17-18H2,1-5H3,(H,27,30)/t24-/m0/s1. The quantitative estimate of drug-likeness (QED) is 0.577. The van der Waals surface area contributed by atoms with Gasteiger partial charge in [-0.25, -0.2) is 0 Å². The molecule has 1 N–H and O–H groups in total. The number of ether oxygens (including phenoxy) is 1. The van der Waals surface area contributed by atoms with Crippen LogP contribution in [0.3, 0.4) is 0 Å². The first-order valence-electron chi connectivity index (χ1n) is 11.2. The highest BCUT2D eigenvalue weighted by Crippen LogP contribution is 2.18. The Balaban J connectivity index is 2.18. The Morgan fingerprint density at radius 2 is 1.52 bits per heavy atom. The number of nitrogens with zero attached hydrogens (tertiary/aromatic N) is 1. The Hall–Kier alpha value is -2.82. The summed E-state index contributed by atoms with van der Waals surface area (Å²) in [5.41, 5.74) is 3.39. The van der Waals surface area contributed by atoms with Crippen LogP contribution in [0.1, 0.15) is 57.2 Å². The molecule has 0 heterocycles. The second-order valence-electron chi connectivity index (χ2n) is 8.13. The minimum Gasteiger partial charge on any atom is -0.497 e. The molecule has 0 spiro atoms. The first-order chi connectivity index (χ1) is 14.9. The van der Waals surface area contributed by atoms with Gasteiger partial charge in [0.05, 0.1) is 7.11 Å². The lowest BCUT2D eigenvalue weighted by atomic mass is 10.0. The minimum atomic E-state index is -0.500. The molecule has 0 aromatic heterocycles. The fraction of sp³-hybridized carbons (Fsp3) is 0.462. The van der Waals surface area contributed by atoms with Gasteiger partial charge in [0.25, 0.3) is 0 Å². The average molecular weight is 425 g/mol. The highest BCUT2D eigenvalue weighted by Gasteiger charge is 2.28. The number of methoxy groups -OCH3 is 1. The lowest BCUT2D eigenvalue weighted by Gasteiger charge is -2.31. The molecule has 0 aliphatic carbocycles. The number of hydrogen-bond donors (Lipinski definition) is 1. The van der Waals surface area contributed by atoms with E-state index >= 15 is 0 Å². The third-order valence-corrected chi connectivity index (χ3v) is 5.39. The fourth-order valence-corrected chi connectivity index (χ4v) is 3.56. The molecule has 5 heteroatoms. The van der Waals surface area contributed by atoms with E-state index in [0.29, 0.717) is 25.8 Å². The van der Waals surface area contributed by atoms with Gasteiger partial charge in [-0.15, -0.1) is 0 Å². The van der Waals surface area contributed by atoms with Crippen molar-refractivity contribution in [3.05, 3.63) is 65.2 Å². The average Bonchev–Trinajstić information content (AvgIpc) is 2.77. The molecule has 168 valence electrons. The maximum Gasteiger partial charge on any atom is 0.243 e. The maximum absolute atomic E-state index is 13.3. The predicted molar refractivity (Wildman–Crippen MR) is 125 cm³/mol. The van der Waals surface area contributed by atoms with Gasteiger partial charge in [0.1, 0.15) is 11.8 Å². The van der Waals surface area contributed by atoms with E-state index in [1.165, 1.54) is 5.56 Å². The lowest BCUT2D eigenvalue weighted by molar-refractivity contribution is -0.141. The van der Waals surface area contributed by atoms with Gasteiger partial charge in [0, 0.05) is 19.0 Å². The number of carbonyl (C=O) groups excluding carboxylic acids is 2. The number of benzene rings is 2. The molecule has 0 saturated heterocycles. The van der Waals surface area contributed by atoms with E-state index < -0.39 is 6.04 Å². The van der Waals surface area contributed by atoms with Crippen molar-refractivity contribution < 1.29 is 14.3 Å². The first kappa shape index (κ1) is 24.4. The summed E-state index contributed by atoms with van der Waals surface area (Å²) in [5.74, 6) is 0.648. The zero-order chi connectivity index (χ0) is 22.8. The third-order valence-electron chi connectivity index (χ3n) is 5.39. The highest BCUT2D eigenvalue weighted by atomic mass is 16.5. The van der Waals surface area contributed by atoms with Gasteiger partial charge < -0.3 is 15.0 Å². The summed E-state index contributed by atoms with van der Waals surface area (Å²) >= 11 is 0. The van der Waals surface area contributed by atoms with E-state index in [1.807, 2.05) is 45.0 Å². The number of aryl methyl sites for hydroxylation is 2. The molecule has 0 aliphatic heterocycles. The van der Waals surface area contributed by atoms with Gasteiger partial charge >= 0.3 is 0 Å². The SMILES string of the molecule is CCc1ccc(CCC(=O)N(Cc2ccc(OC)cc2)[C@@H](CC)C(=O)NC(C)C)cc1. The molecule has 0 aliphatic rings. The molecule has 2 rings (SSSR count). The van der Waals surface area contributed by atoms with E-state index in [1.54, 1.807) is 12.0 Å². The van der Waals surface area contributed by atoms with Crippen LogP contribution in [-0.4, -0.2) is 35.9 Å². The molecule has 0 saturated carbocycles. The van der Waals surface area contributed by atoms with E-state index in [9.17, 15) is 9.59 Å². The van der Waals surface area contributed by atoms with Crippen molar-refractivity contribution in [3.8, 4) is 5.75 Å². The first-order valence-corrected chi connectivity index (χ1v) is 11.2. The van der Waals surface area contributed by atoms with Crippen LogP contribution in [0.15, 0.2) is 48.5 Å². The molecule has 0 bridgehead atoms. The lowest BCUT2D eigenvalue weighted by Crippen LogP contribution is -2.50. The number of rotatable bonds is 11. The summed E-state index contributed by atoms with van der Waals surface area (Å²) in [6, 6.07) is 15.6. The Morgan fingerprint density at radius 3 is 2.03 bits per heavy atom. The molecule has 2 aromatic rings. The molecule has 2 aromatic carbocycles. The topological polar surface area (TPSA) is 58.6 Å². The normalized spacial score (nSPS) is 11.8. The molecular weight excluding hydrogens is 388 g/mol. The summed E-state index contributed by atoms with van der Waals surface area (Å²) < 4.78 is 5.23. The largest absolute Gasteiger partial charge is 0.497 e. The summed E-state index contributed by atoms with van der Waals surface area (Å²) in [5, 5.41) is 2.97. The van der Waals surface area contributed by atoms with E-state index in [-0.39, 0.29) is 17.9 Å². The Labute approximate surface area is 186 Å². The Bertz CT molecular complexity index is 829. The monoisotopic (exact) mass is 424 g/mol. The van der Waals surface area contributed by atoms with Crippen LogP contribution >= 0.6 is 0 Å². The predicted octanol–water partition coefficient (Wildman–Crippen LogP) is 4.52. The molecule has 0 fully saturated rings. The molecule has 2 amide bonds. The zero-order valence-electron chi connectivity index (χ0n) is 19.5. The van der Waals surface area contributed by atoms with Crippen LogP contribution in [0.4, 0.5) is 0 Å². The fourth-order valence-electron chi connectivity index (χ4n) is 3.56. The third kappa shape index (κ3) is 7.42. The highest BCUT2D eigenvalue weighted by molar-refractivity contribution is 5.87. The minimum absolute atomic E-state index is 0.0128. The molecule has 5 nitrogen and oxygen atoms in total. The Morgan fingerprint density at radius 1 is 0.935 bits per heavy atom. The molecule has 1 atom stereocenters. The second-order valence-corrected chi connectivity index (χ2v) is 8.13. The molecule has 0 unspecified atom stereocenters. The number of nitrogens with one attached hydrogen (secondary N) is 1. The smallest absolute Gasteiger partial charge is 0.243 e. The van der Waals surface area contributed by atoms with Crippen molar-refractivity contribution in [2.24, 2.45) is 0 Å². The van der Waals surface area contributed by atoms with E-state index in [2.05, 4.69) is 36.5 Å². The van der Waals surface area contributed by atoms with Crippen LogP contribution in [0, 0.1) is 0 Å². The molecule has 0 radical (unpaired) electrons. The second kappa shape index (κ2) is 12.1.